The molecular formula is C31H37Cl2N3O4S. The molecule has 0 fully saturated rings. The second-order valence-corrected chi connectivity index (χ2v) is 12.9. The van der Waals surface area contributed by atoms with Crippen molar-refractivity contribution in [3.8, 4) is 0 Å². The first-order valence-electron chi connectivity index (χ1n) is 13.5. The van der Waals surface area contributed by atoms with Crippen LogP contribution in [0, 0.1) is 20.8 Å². The van der Waals surface area contributed by atoms with Crippen LogP contribution in [0.3, 0.4) is 0 Å². The van der Waals surface area contributed by atoms with E-state index in [2.05, 4.69) is 5.32 Å². The number of benzene rings is 3. The molecule has 0 aliphatic rings. The van der Waals surface area contributed by atoms with Gasteiger partial charge in [-0.3, -0.25) is 13.9 Å². The summed E-state index contributed by atoms with van der Waals surface area (Å²) in [5.41, 5.74) is 3.62. The SMILES string of the molecule is CCCCNC(=O)[C@H](C)N(Cc1ccc(Cl)c(Cl)c1)C(=O)CN(c1ccc(C)cc1C)S(=O)(=O)c1ccc(C)cc1. The summed E-state index contributed by atoms with van der Waals surface area (Å²) in [5.74, 6) is -0.865. The number of amides is 2. The van der Waals surface area contributed by atoms with Crippen LogP contribution in [0.4, 0.5) is 5.69 Å². The van der Waals surface area contributed by atoms with E-state index in [9.17, 15) is 18.0 Å². The highest BCUT2D eigenvalue weighted by molar-refractivity contribution is 7.92. The molecule has 0 spiro atoms. The highest BCUT2D eigenvalue weighted by atomic mass is 35.5. The van der Waals surface area contributed by atoms with Crippen molar-refractivity contribution in [2.45, 2.75) is 64.9 Å². The Hall–Kier alpha value is -3.07. The summed E-state index contributed by atoms with van der Waals surface area (Å²) < 4.78 is 29.1. The average molecular weight is 619 g/mol. The van der Waals surface area contributed by atoms with Gasteiger partial charge < -0.3 is 10.2 Å². The first-order chi connectivity index (χ1) is 19.3. The quantitative estimate of drug-likeness (QED) is 0.237. The minimum Gasteiger partial charge on any atom is -0.354 e. The Balaban J connectivity index is 2.05. The Morgan fingerprint density at radius 1 is 0.902 bits per heavy atom. The molecule has 3 rings (SSSR count). The lowest BCUT2D eigenvalue weighted by Crippen LogP contribution is -2.51. The number of nitrogens with zero attached hydrogens (tertiary/aromatic N) is 2. The number of rotatable bonds is 12. The third-order valence-corrected chi connectivity index (χ3v) is 9.36. The molecule has 10 heteroatoms. The van der Waals surface area contributed by atoms with Crippen molar-refractivity contribution in [1.29, 1.82) is 0 Å². The Bertz CT molecular complexity index is 1490. The van der Waals surface area contributed by atoms with Crippen LogP contribution in [0.1, 0.15) is 48.9 Å². The molecule has 2 amide bonds. The zero-order valence-corrected chi connectivity index (χ0v) is 26.4. The first kappa shape index (κ1) is 32.4. The molecule has 0 bridgehead atoms. The normalized spacial score (nSPS) is 12.1. The van der Waals surface area contributed by atoms with Crippen molar-refractivity contribution < 1.29 is 18.0 Å². The molecule has 0 aliphatic carbocycles. The van der Waals surface area contributed by atoms with Crippen molar-refractivity contribution in [2.24, 2.45) is 0 Å². The molecule has 0 saturated heterocycles. The molecule has 41 heavy (non-hydrogen) atoms. The Morgan fingerprint density at radius 3 is 2.17 bits per heavy atom. The number of nitrogens with one attached hydrogen (secondary N) is 1. The number of sulfonamides is 1. The van der Waals surface area contributed by atoms with Gasteiger partial charge in [-0.1, -0.05) is 78.0 Å². The predicted molar refractivity (Wildman–Crippen MR) is 166 cm³/mol. The van der Waals surface area contributed by atoms with Gasteiger partial charge in [0.2, 0.25) is 11.8 Å². The van der Waals surface area contributed by atoms with Gasteiger partial charge in [0, 0.05) is 13.1 Å². The molecular weight excluding hydrogens is 581 g/mol. The summed E-state index contributed by atoms with van der Waals surface area (Å²) in [5, 5.41) is 3.55. The summed E-state index contributed by atoms with van der Waals surface area (Å²) >= 11 is 12.3. The zero-order valence-electron chi connectivity index (χ0n) is 24.1. The minimum absolute atomic E-state index is 0.0311. The zero-order chi connectivity index (χ0) is 30.3. The Morgan fingerprint density at radius 2 is 1.56 bits per heavy atom. The van der Waals surface area contributed by atoms with E-state index in [-0.39, 0.29) is 17.3 Å². The lowest BCUT2D eigenvalue weighted by molar-refractivity contribution is -0.139. The molecule has 0 saturated carbocycles. The number of aryl methyl sites for hydroxylation is 3. The van der Waals surface area contributed by atoms with Crippen LogP contribution in [0.5, 0.6) is 0 Å². The lowest BCUT2D eigenvalue weighted by Gasteiger charge is -2.32. The third kappa shape index (κ3) is 8.24. The fourth-order valence-corrected chi connectivity index (χ4v) is 6.19. The Labute approximate surface area is 253 Å². The van der Waals surface area contributed by atoms with Gasteiger partial charge in [0.15, 0.2) is 0 Å². The van der Waals surface area contributed by atoms with Crippen molar-refractivity contribution in [2.75, 3.05) is 17.4 Å². The van der Waals surface area contributed by atoms with Gasteiger partial charge in [0.05, 0.1) is 20.6 Å². The lowest BCUT2D eigenvalue weighted by atomic mass is 10.1. The molecule has 1 atom stereocenters. The molecule has 0 heterocycles. The summed E-state index contributed by atoms with van der Waals surface area (Å²) in [6, 6.07) is 16.0. The summed E-state index contributed by atoms with van der Waals surface area (Å²) in [4.78, 5) is 28.6. The molecule has 0 radical (unpaired) electrons. The van der Waals surface area contributed by atoms with Crippen LogP contribution in [0.15, 0.2) is 65.6 Å². The van der Waals surface area contributed by atoms with E-state index in [0.29, 0.717) is 33.4 Å². The number of carbonyl (C=O) groups is 2. The fourth-order valence-electron chi connectivity index (χ4n) is 4.39. The standard InChI is InChI=1S/C31H37Cl2N3O4S/c1-6-7-16-34-31(38)24(5)35(19-25-11-14-27(32)28(33)18-25)30(37)20-36(29-15-10-22(3)17-23(29)4)41(39,40)26-12-8-21(2)9-13-26/h8-15,17-18,24H,6-7,16,19-20H2,1-5H3,(H,34,38)/t24-/m0/s1. The number of hydrogen-bond donors (Lipinski definition) is 1. The maximum atomic E-state index is 14.1. The predicted octanol–water partition coefficient (Wildman–Crippen LogP) is 6.45. The van der Waals surface area contributed by atoms with Crippen LogP contribution in [-0.4, -0.2) is 44.3 Å². The van der Waals surface area contributed by atoms with Crippen LogP contribution < -0.4 is 9.62 Å². The largest absolute Gasteiger partial charge is 0.354 e. The number of anilines is 1. The number of halogens is 2. The molecule has 1 N–H and O–H groups in total. The van der Waals surface area contributed by atoms with E-state index in [1.807, 2.05) is 39.8 Å². The van der Waals surface area contributed by atoms with Gasteiger partial charge >= 0.3 is 0 Å². The number of hydrogen-bond acceptors (Lipinski definition) is 4. The molecule has 3 aromatic rings. The number of unbranched alkanes of at least 4 members (excludes halogenated alkanes) is 1. The highest BCUT2D eigenvalue weighted by Gasteiger charge is 2.33. The van der Waals surface area contributed by atoms with E-state index >= 15 is 0 Å². The van der Waals surface area contributed by atoms with Gasteiger partial charge in [-0.05, 0) is 75.6 Å². The van der Waals surface area contributed by atoms with E-state index in [0.717, 1.165) is 28.3 Å². The smallest absolute Gasteiger partial charge is 0.264 e. The maximum Gasteiger partial charge on any atom is 0.264 e. The van der Waals surface area contributed by atoms with Crippen LogP contribution in [-0.2, 0) is 26.2 Å². The monoisotopic (exact) mass is 617 g/mol. The topological polar surface area (TPSA) is 86.8 Å². The van der Waals surface area contributed by atoms with Crippen LogP contribution >= 0.6 is 23.2 Å². The van der Waals surface area contributed by atoms with Gasteiger partial charge in [0.1, 0.15) is 12.6 Å². The first-order valence-corrected chi connectivity index (χ1v) is 15.7. The van der Waals surface area contributed by atoms with Gasteiger partial charge in [-0.25, -0.2) is 8.42 Å². The molecule has 7 nitrogen and oxygen atoms in total. The second-order valence-electron chi connectivity index (χ2n) is 10.2. The third-order valence-electron chi connectivity index (χ3n) is 6.84. The molecule has 0 aromatic heterocycles. The minimum atomic E-state index is -4.14. The van der Waals surface area contributed by atoms with Gasteiger partial charge in [0.25, 0.3) is 10.0 Å². The van der Waals surface area contributed by atoms with E-state index in [1.165, 1.54) is 17.0 Å². The van der Waals surface area contributed by atoms with Crippen molar-refractivity contribution in [1.82, 2.24) is 10.2 Å². The summed E-state index contributed by atoms with van der Waals surface area (Å²) in [7, 11) is -4.14. The van der Waals surface area contributed by atoms with Crippen molar-refractivity contribution in [3.63, 3.8) is 0 Å². The van der Waals surface area contributed by atoms with E-state index in [4.69, 9.17) is 23.2 Å². The van der Waals surface area contributed by atoms with E-state index < -0.39 is 28.5 Å². The maximum absolute atomic E-state index is 14.1. The summed E-state index contributed by atoms with van der Waals surface area (Å²) in [6.07, 6.45) is 1.71. The number of carbonyl (C=O) groups excluding carboxylic acids is 2. The Kier molecular flexibility index (Phi) is 11.2. The van der Waals surface area contributed by atoms with E-state index in [1.54, 1.807) is 43.3 Å². The van der Waals surface area contributed by atoms with Gasteiger partial charge in [-0.15, -0.1) is 0 Å². The summed E-state index contributed by atoms with van der Waals surface area (Å²) in [6.45, 7) is 9.25. The molecule has 3 aromatic carbocycles. The van der Waals surface area contributed by atoms with Crippen LogP contribution in [0.25, 0.3) is 0 Å². The van der Waals surface area contributed by atoms with Gasteiger partial charge in [-0.2, -0.15) is 0 Å². The average Bonchev–Trinajstić information content (AvgIpc) is 2.92. The molecule has 220 valence electrons. The molecule has 0 aliphatic heterocycles. The van der Waals surface area contributed by atoms with Crippen LogP contribution in [0.2, 0.25) is 10.0 Å². The second kappa shape index (κ2) is 14.2. The molecule has 0 unspecified atom stereocenters. The highest BCUT2D eigenvalue weighted by Crippen LogP contribution is 2.29. The van der Waals surface area contributed by atoms with Crippen molar-refractivity contribution >= 4 is 50.7 Å². The van der Waals surface area contributed by atoms with Crippen molar-refractivity contribution in [3.05, 3.63) is 93.0 Å². The fraction of sp³-hybridized carbons (Fsp3) is 0.355.